The third kappa shape index (κ3) is 0.683. The van der Waals surface area contributed by atoms with Gasteiger partial charge in [0, 0.05) is 6.54 Å². The molecule has 0 radical (unpaired) electrons. The van der Waals surface area contributed by atoms with E-state index in [1.165, 1.54) is 12.1 Å². The minimum absolute atomic E-state index is 0.620. The molecule has 0 amide bonds. The van der Waals surface area contributed by atoms with Crippen LogP contribution in [-0.4, -0.2) is 9.78 Å². The number of nitrogens with zero attached hydrogens (tertiary/aromatic N) is 2. The van der Waals surface area contributed by atoms with E-state index in [-0.39, 0.29) is 0 Å². The number of hydrogen-bond acceptors (Lipinski definition) is 2. The first-order valence-corrected chi connectivity index (χ1v) is 4.09. The standard InChI is InChI=1S/C6H8BrN3/c7-5-4-2-1-3-10(4)9-6(5)8/h1-3H2,(H2,8,9). The highest BCUT2D eigenvalue weighted by Crippen LogP contribution is 2.28. The maximum atomic E-state index is 5.57. The molecule has 2 rings (SSSR count). The van der Waals surface area contributed by atoms with Gasteiger partial charge in [0.15, 0.2) is 5.82 Å². The summed E-state index contributed by atoms with van der Waals surface area (Å²) in [5, 5.41) is 4.14. The average Bonchev–Trinajstić information content (AvgIpc) is 2.41. The zero-order valence-corrected chi connectivity index (χ0v) is 7.06. The van der Waals surface area contributed by atoms with Gasteiger partial charge in [0.25, 0.3) is 0 Å². The highest BCUT2D eigenvalue weighted by molar-refractivity contribution is 9.10. The van der Waals surface area contributed by atoms with Crippen LogP contribution in [0.2, 0.25) is 0 Å². The molecule has 54 valence electrons. The molecule has 3 nitrogen and oxygen atoms in total. The molecule has 0 fully saturated rings. The molecular formula is C6H8BrN3. The second-order valence-electron chi connectivity index (χ2n) is 2.47. The molecule has 0 saturated heterocycles. The number of halogens is 1. The van der Waals surface area contributed by atoms with Crippen molar-refractivity contribution < 1.29 is 0 Å². The van der Waals surface area contributed by atoms with E-state index in [4.69, 9.17) is 5.73 Å². The summed E-state index contributed by atoms with van der Waals surface area (Å²) >= 11 is 3.39. The first kappa shape index (κ1) is 6.22. The lowest BCUT2D eigenvalue weighted by atomic mass is 10.3. The second kappa shape index (κ2) is 1.99. The molecule has 1 aromatic heterocycles. The van der Waals surface area contributed by atoms with Crippen molar-refractivity contribution in [3.05, 3.63) is 10.2 Å². The predicted molar refractivity (Wildman–Crippen MR) is 42.7 cm³/mol. The summed E-state index contributed by atoms with van der Waals surface area (Å²) in [5.74, 6) is 0.620. The third-order valence-corrected chi connectivity index (χ3v) is 2.67. The molecule has 1 aliphatic rings. The summed E-state index contributed by atoms with van der Waals surface area (Å²) < 4.78 is 2.96. The second-order valence-corrected chi connectivity index (χ2v) is 3.27. The van der Waals surface area contributed by atoms with Crippen LogP contribution in [0.1, 0.15) is 12.1 Å². The summed E-state index contributed by atoms with van der Waals surface area (Å²) in [5.41, 5.74) is 6.82. The molecule has 2 N–H and O–H groups in total. The van der Waals surface area contributed by atoms with Crippen molar-refractivity contribution in [3.63, 3.8) is 0 Å². The molecule has 0 saturated carbocycles. The van der Waals surface area contributed by atoms with E-state index >= 15 is 0 Å². The maximum absolute atomic E-state index is 5.57. The molecule has 0 aromatic carbocycles. The number of rotatable bonds is 0. The van der Waals surface area contributed by atoms with Crippen molar-refractivity contribution in [3.8, 4) is 0 Å². The lowest BCUT2D eigenvalue weighted by Gasteiger charge is -1.88. The van der Waals surface area contributed by atoms with Crippen LogP contribution >= 0.6 is 15.9 Å². The molecule has 4 heteroatoms. The van der Waals surface area contributed by atoms with Crippen LogP contribution in [0.4, 0.5) is 5.82 Å². The summed E-state index contributed by atoms with van der Waals surface area (Å²) in [6.45, 7) is 1.02. The minimum Gasteiger partial charge on any atom is -0.381 e. The monoisotopic (exact) mass is 201 g/mol. The highest BCUT2D eigenvalue weighted by Gasteiger charge is 2.17. The topological polar surface area (TPSA) is 43.8 Å². The van der Waals surface area contributed by atoms with Crippen LogP contribution in [0.15, 0.2) is 4.47 Å². The van der Waals surface area contributed by atoms with Crippen LogP contribution in [0.5, 0.6) is 0 Å². The smallest absolute Gasteiger partial charge is 0.160 e. The molecular weight excluding hydrogens is 194 g/mol. The van der Waals surface area contributed by atoms with Gasteiger partial charge in [-0.25, -0.2) is 0 Å². The first-order valence-electron chi connectivity index (χ1n) is 3.29. The van der Waals surface area contributed by atoms with Crippen LogP contribution < -0.4 is 5.73 Å². The molecule has 0 atom stereocenters. The van der Waals surface area contributed by atoms with E-state index in [1.807, 2.05) is 4.68 Å². The fourth-order valence-corrected chi connectivity index (χ4v) is 1.80. The van der Waals surface area contributed by atoms with Crippen LogP contribution in [0.25, 0.3) is 0 Å². The molecule has 1 aliphatic heterocycles. The Balaban J connectivity index is 2.59. The molecule has 1 aromatic rings. The SMILES string of the molecule is Nc1nn2c(c1Br)CCC2. The zero-order chi connectivity index (χ0) is 7.14. The molecule has 0 unspecified atom stereocenters. The summed E-state index contributed by atoms with van der Waals surface area (Å²) in [6, 6.07) is 0. The van der Waals surface area contributed by atoms with Gasteiger partial charge in [-0.05, 0) is 28.8 Å². The zero-order valence-electron chi connectivity index (χ0n) is 5.47. The van der Waals surface area contributed by atoms with Crippen molar-refractivity contribution in [2.75, 3.05) is 5.73 Å². The van der Waals surface area contributed by atoms with E-state index in [2.05, 4.69) is 21.0 Å². The Hall–Kier alpha value is -0.510. The first-order chi connectivity index (χ1) is 4.79. The van der Waals surface area contributed by atoms with E-state index in [1.54, 1.807) is 0 Å². The quantitative estimate of drug-likeness (QED) is 0.686. The van der Waals surface area contributed by atoms with Crippen molar-refractivity contribution in [2.45, 2.75) is 19.4 Å². The van der Waals surface area contributed by atoms with Gasteiger partial charge >= 0.3 is 0 Å². The van der Waals surface area contributed by atoms with Gasteiger partial charge in [0.05, 0.1) is 10.2 Å². The largest absolute Gasteiger partial charge is 0.381 e. The third-order valence-electron chi connectivity index (χ3n) is 1.80. The van der Waals surface area contributed by atoms with Gasteiger partial charge in [-0.1, -0.05) is 0 Å². The highest BCUT2D eigenvalue weighted by atomic mass is 79.9. The van der Waals surface area contributed by atoms with Gasteiger partial charge in [0.1, 0.15) is 0 Å². The summed E-state index contributed by atoms with van der Waals surface area (Å²) in [4.78, 5) is 0. The van der Waals surface area contributed by atoms with E-state index < -0.39 is 0 Å². The molecule has 10 heavy (non-hydrogen) atoms. The Bertz CT molecular complexity index is 266. The van der Waals surface area contributed by atoms with Crippen LogP contribution in [0.3, 0.4) is 0 Å². The Kier molecular flexibility index (Phi) is 1.23. The summed E-state index contributed by atoms with van der Waals surface area (Å²) in [6.07, 6.45) is 2.30. The van der Waals surface area contributed by atoms with Crippen molar-refractivity contribution in [1.82, 2.24) is 9.78 Å². The fourth-order valence-electron chi connectivity index (χ4n) is 1.32. The molecule has 0 aliphatic carbocycles. The molecule has 2 heterocycles. The number of nitrogens with two attached hydrogens (primary N) is 1. The molecule has 0 bridgehead atoms. The molecule has 0 spiro atoms. The number of aromatic nitrogens is 2. The average molecular weight is 202 g/mol. The van der Waals surface area contributed by atoms with E-state index in [0.29, 0.717) is 5.82 Å². The Morgan fingerprint density at radius 1 is 1.60 bits per heavy atom. The van der Waals surface area contributed by atoms with Crippen LogP contribution in [-0.2, 0) is 13.0 Å². The lowest BCUT2D eigenvalue weighted by molar-refractivity contribution is 0.659. The van der Waals surface area contributed by atoms with Crippen molar-refractivity contribution in [2.24, 2.45) is 0 Å². The van der Waals surface area contributed by atoms with Gasteiger partial charge < -0.3 is 5.73 Å². The number of hydrogen-bond donors (Lipinski definition) is 1. The number of anilines is 1. The predicted octanol–water partition coefficient (Wildman–Crippen LogP) is 1.17. The Morgan fingerprint density at radius 3 is 3.10 bits per heavy atom. The fraction of sp³-hybridized carbons (Fsp3) is 0.500. The Morgan fingerprint density at radius 2 is 2.40 bits per heavy atom. The van der Waals surface area contributed by atoms with Gasteiger partial charge in [-0.2, -0.15) is 5.10 Å². The Labute approximate surface area is 67.3 Å². The van der Waals surface area contributed by atoms with Crippen molar-refractivity contribution in [1.29, 1.82) is 0 Å². The van der Waals surface area contributed by atoms with E-state index in [0.717, 1.165) is 17.4 Å². The number of nitrogen functional groups attached to an aromatic ring is 1. The van der Waals surface area contributed by atoms with E-state index in [9.17, 15) is 0 Å². The normalized spacial score (nSPS) is 15.7. The van der Waals surface area contributed by atoms with Gasteiger partial charge in [-0.3, -0.25) is 4.68 Å². The lowest BCUT2D eigenvalue weighted by Crippen LogP contribution is -1.95. The number of aryl methyl sites for hydroxylation is 1. The van der Waals surface area contributed by atoms with Gasteiger partial charge in [0.2, 0.25) is 0 Å². The van der Waals surface area contributed by atoms with Crippen LogP contribution in [0, 0.1) is 0 Å². The summed E-state index contributed by atoms with van der Waals surface area (Å²) in [7, 11) is 0. The minimum atomic E-state index is 0.620. The maximum Gasteiger partial charge on any atom is 0.160 e. The number of fused-ring (bicyclic) bond motifs is 1. The van der Waals surface area contributed by atoms with Crippen molar-refractivity contribution >= 4 is 21.7 Å². The van der Waals surface area contributed by atoms with Gasteiger partial charge in [-0.15, -0.1) is 0 Å².